The second-order valence-electron chi connectivity index (χ2n) is 8.69. The van der Waals surface area contributed by atoms with Gasteiger partial charge in [-0.05, 0) is 39.3 Å². The molecule has 2 fully saturated rings. The van der Waals surface area contributed by atoms with E-state index in [-0.39, 0.29) is 43.2 Å². The summed E-state index contributed by atoms with van der Waals surface area (Å²) in [5, 5.41) is 5.69. The Bertz CT molecular complexity index is 902. The van der Waals surface area contributed by atoms with Gasteiger partial charge in [0.2, 0.25) is 11.8 Å². The summed E-state index contributed by atoms with van der Waals surface area (Å²) in [6.45, 7) is 4.69. The number of hydrogen-bond acceptors (Lipinski definition) is 6. The van der Waals surface area contributed by atoms with Crippen molar-refractivity contribution in [1.29, 1.82) is 0 Å². The van der Waals surface area contributed by atoms with Crippen molar-refractivity contribution >= 4 is 17.9 Å². The maximum atomic E-state index is 13.6. The van der Waals surface area contributed by atoms with Gasteiger partial charge in [0.05, 0.1) is 24.2 Å². The van der Waals surface area contributed by atoms with Crippen LogP contribution in [0.3, 0.4) is 0 Å². The van der Waals surface area contributed by atoms with Gasteiger partial charge in [-0.3, -0.25) is 9.59 Å². The maximum Gasteiger partial charge on any atom is 0.410 e. The minimum Gasteiger partial charge on any atom is -0.445 e. The lowest BCUT2D eigenvalue weighted by atomic mass is 10.1. The standard InChI is InChI=1S/C25H34N4O5/c1-5-15-33-18(3)22(27-23(30)17(2)26-4)24(31)28-13-11-21-20(28)12-14-29(21)25(32)34-16-19-9-7-6-8-10-19/h1,6-10,17-18,20-22,26H,11-16H2,2-4H3,(H,27,30)/t17-,18+,20+,21+,22-/m0/s1. The van der Waals surface area contributed by atoms with E-state index in [0.29, 0.717) is 25.9 Å². The Balaban J connectivity index is 1.65. The molecule has 1 aromatic carbocycles. The molecular formula is C25H34N4O5. The molecule has 3 rings (SSSR count). The smallest absolute Gasteiger partial charge is 0.410 e. The molecule has 184 valence electrons. The van der Waals surface area contributed by atoms with Crippen LogP contribution in [0.4, 0.5) is 4.79 Å². The fraction of sp³-hybridized carbons (Fsp3) is 0.560. The van der Waals surface area contributed by atoms with E-state index in [4.69, 9.17) is 15.9 Å². The average molecular weight is 471 g/mol. The minimum atomic E-state index is -0.880. The summed E-state index contributed by atoms with van der Waals surface area (Å²) in [5.41, 5.74) is 0.921. The van der Waals surface area contributed by atoms with Crippen LogP contribution >= 0.6 is 0 Å². The number of nitrogens with zero attached hydrogens (tertiary/aromatic N) is 2. The third-order valence-corrected chi connectivity index (χ3v) is 6.59. The van der Waals surface area contributed by atoms with E-state index in [2.05, 4.69) is 16.6 Å². The molecule has 0 bridgehead atoms. The van der Waals surface area contributed by atoms with Gasteiger partial charge in [-0.1, -0.05) is 36.3 Å². The predicted molar refractivity (Wildman–Crippen MR) is 127 cm³/mol. The van der Waals surface area contributed by atoms with Gasteiger partial charge in [0.25, 0.3) is 0 Å². The van der Waals surface area contributed by atoms with Crippen molar-refractivity contribution in [2.75, 3.05) is 26.7 Å². The van der Waals surface area contributed by atoms with Crippen LogP contribution in [0.1, 0.15) is 32.3 Å². The number of likely N-dealkylation sites (tertiary alicyclic amines) is 2. The molecule has 34 heavy (non-hydrogen) atoms. The first-order valence-corrected chi connectivity index (χ1v) is 11.7. The third kappa shape index (κ3) is 5.88. The summed E-state index contributed by atoms with van der Waals surface area (Å²) in [6.07, 6.45) is 5.64. The van der Waals surface area contributed by atoms with Gasteiger partial charge < -0.3 is 29.9 Å². The summed E-state index contributed by atoms with van der Waals surface area (Å²) in [4.78, 5) is 42.3. The zero-order valence-corrected chi connectivity index (χ0v) is 20.0. The number of nitrogens with one attached hydrogen (secondary N) is 2. The topological polar surface area (TPSA) is 100 Å². The van der Waals surface area contributed by atoms with E-state index in [1.54, 1.807) is 30.7 Å². The van der Waals surface area contributed by atoms with Crippen LogP contribution in [0, 0.1) is 12.3 Å². The molecule has 9 nitrogen and oxygen atoms in total. The van der Waals surface area contributed by atoms with Gasteiger partial charge in [-0.2, -0.15) is 0 Å². The minimum absolute atomic E-state index is 0.0372. The number of ether oxygens (including phenoxy) is 2. The van der Waals surface area contributed by atoms with Gasteiger partial charge in [-0.25, -0.2) is 4.79 Å². The fourth-order valence-electron chi connectivity index (χ4n) is 4.53. The Hall–Kier alpha value is -3.09. The predicted octanol–water partition coefficient (Wildman–Crippen LogP) is 1.13. The normalized spacial score (nSPS) is 21.8. The van der Waals surface area contributed by atoms with Crippen molar-refractivity contribution in [3.63, 3.8) is 0 Å². The number of hydrogen-bond donors (Lipinski definition) is 2. The van der Waals surface area contributed by atoms with Gasteiger partial charge in [0.15, 0.2) is 0 Å². The molecule has 2 saturated heterocycles. The molecule has 5 atom stereocenters. The number of likely N-dealkylation sites (N-methyl/N-ethyl adjacent to an activating group) is 1. The zero-order valence-electron chi connectivity index (χ0n) is 20.0. The summed E-state index contributed by atoms with van der Waals surface area (Å²) < 4.78 is 11.1. The number of benzene rings is 1. The molecule has 3 amide bonds. The molecule has 1 aromatic rings. The van der Waals surface area contributed by atoms with Gasteiger partial charge in [0, 0.05) is 13.1 Å². The highest BCUT2D eigenvalue weighted by atomic mass is 16.6. The molecule has 0 saturated carbocycles. The third-order valence-electron chi connectivity index (χ3n) is 6.59. The molecule has 2 aliphatic rings. The number of terminal acetylenes is 1. The van der Waals surface area contributed by atoms with Crippen molar-refractivity contribution < 1.29 is 23.9 Å². The quantitative estimate of drug-likeness (QED) is 0.525. The average Bonchev–Trinajstić information content (AvgIpc) is 3.46. The lowest BCUT2D eigenvalue weighted by Gasteiger charge is -2.32. The Labute approximate surface area is 201 Å². The van der Waals surface area contributed by atoms with E-state index in [1.807, 2.05) is 30.3 Å². The SMILES string of the molecule is C#CCO[C@H](C)[C@H](NC(=O)[C@H](C)NC)C(=O)N1CC[C@@H]2[C@H]1CCN2C(=O)OCc1ccccc1. The van der Waals surface area contributed by atoms with E-state index >= 15 is 0 Å². The van der Waals surface area contributed by atoms with Crippen LogP contribution in [0.2, 0.25) is 0 Å². The van der Waals surface area contributed by atoms with E-state index in [9.17, 15) is 14.4 Å². The summed E-state index contributed by atoms with van der Waals surface area (Å²) in [5.74, 6) is 1.87. The maximum absolute atomic E-state index is 13.6. The highest BCUT2D eigenvalue weighted by molar-refractivity contribution is 5.90. The van der Waals surface area contributed by atoms with E-state index < -0.39 is 18.2 Å². The van der Waals surface area contributed by atoms with Crippen LogP contribution in [-0.4, -0.2) is 84.7 Å². The number of fused-ring (bicyclic) bond motifs is 1. The molecule has 0 aliphatic carbocycles. The van der Waals surface area contributed by atoms with Crippen molar-refractivity contribution in [3.8, 4) is 12.3 Å². The fourth-order valence-corrected chi connectivity index (χ4v) is 4.53. The lowest BCUT2D eigenvalue weighted by molar-refractivity contribution is -0.141. The highest BCUT2D eigenvalue weighted by Gasteiger charge is 2.48. The Kier molecular flexibility index (Phi) is 8.91. The van der Waals surface area contributed by atoms with Crippen molar-refractivity contribution in [2.24, 2.45) is 0 Å². The van der Waals surface area contributed by atoms with Crippen LogP contribution < -0.4 is 10.6 Å². The van der Waals surface area contributed by atoms with E-state index in [0.717, 1.165) is 5.56 Å². The molecule has 2 aliphatic heterocycles. The van der Waals surface area contributed by atoms with Crippen molar-refractivity contribution in [2.45, 2.75) is 63.6 Å². The second-order valence-corrected chi connectivity index (χ2v) is 8.69. The second kappa shape index (κ2) is 11.9. The monoisotopic (exact) mass is 470 g/mol. The molecule has 2 heterocycles. The Morgan fingerprint density at radius 1 is 1.12 bits per heavy atom. The number of carbonyl (C=O) groups is 3. The van der Waals surface area contributed by atoms with Crippen LogP contribution in [0.25, 0.3) is 0 Å². The first-order valence-electron chi connectivity index (χ1n) is 11.7. The van der Waals surface area contributed by atoms with Gasteiger partial charge in [-0.15, -0.1) is 6.42 Å². The Morgan fingerprint density at radius 3 is 2.41 bits per heavy atom. The summed E-state index contributed by atoms with van der Waals surface area (Å²) in [7, 11) is 1.68. The molecule has 9 heteroatoms. The lowest BCUT2D eigenvalue weighted by Crippen LogP contribution is -2.58. The molecular weight excluding hydrogens is 436 g/mol. The molecule has 0 aromatic heterocycles. The number of rotatable bonds is 9. The molecule has 0 spiro atoms. The molecule has 2 N–H and O–H groups in total. The first-order chi connectivity index (χ1) is 16.4. The van der Waals surface area contributed by atoms with Crippen molar-refractivity contribution in [3.05, 3.63) is 35.9 Å². The van der Waals surface area contributed by atoms with Crippen LogP contribution in [0.5, 0.6) is 0 Å². The summed E-state index contributed by atoms with van der Waals surface area (Å²) in [6, 6.07) is 7.93. The van der Waals surface area contributed by atoms with Crippen LogP contribution in [0.15, 0.2) is 30.3 Å². The molecule has 0 radical (unpaired) electrons. The van der Waals surface area contributed by atoms with E-state index in [1.165, 1.54) is 0 Å². The largest absolute Gasteiger partial charge is 0.445 e. The van der Waals surface area contributed by atoms with Gasteiger partial charge in [0.1, 0.15) is 19.3 Å². The highest BCUT2D eigenvalue weighted by Crippen LogP contribution is 2.33. The number of carbonyl (C=O) groups excluding carboxylic acids is 3. The van der Waals surface area contributed by atoms with Gasteiger partial charge >= 0.3 is 6.09 Å². The molecule has 0 unspecified atom stereocenters. The Morgan fingerprint density at radius 2 is 1.76 bits per heavy atom. The van der Waals surface area contributed by atoms with Crippen molar-refractivity contribution in [1.82, 2.24) is 20.4 Å². The zero-order chi connectivity index (χ0) is 24.7. The first kappa shape index (κ1) is 25.5. The summed E-state index contributed by atoms with van der Waals surface area (Å²) >= 11 is 0. The van der Waals surface area contributed by atoms with Crippen LogP contribution in [-0.2, 0) is 25.7 Å². The number of amides is 3.